The summed E-state index contributed by atoms with van der Waals surface area (Å²) in [6.07, 6.45) is 3.17. The molecule has 1 aromatic carbocycles. The molecule has 6 rings (SSSR count). The summed E-state index contributed by atoms with van der Waals surface area (Å²) in [5.41, 5.74) is 0.407. The smallest absolute Gasteiger partial charge is 0.251 e. The van der Waals surface area contributed by atoms with Gasteiger partial charge >= 0.3 is 0 Å². The maximum absolute atomic E-state index is 14.0. The highest BCUT2D eigenvalue weighted by molar-refractivity contribution is 6.01. The summed E-state index contributed by atoms with van der Waals surface area (Å²) >= 11 is 0. The van der Waals surface area contributed by atoms with Gasteiger partial charge in [0.1, 0.15) is 31.3 Å². The van der Waals surface area contributed by atoms with Gasteiger partial charge in [0.15, 0.2) is 23.3 Å². The Bertz CT molecular complexity index is 1470. The number of nitrogens with zero attached hydrogens (tertiary/aromatic N) is 5. The summed E-state index contributed by atoms with van der Waals surface area (Å²) in [7, 11) is 0. The van der Waals surface area contributed by atoms with E-state index in [1.54, 1.807) is 49.4 Å². The van der Waals surface area contributed by atoms with E-state index in [0.717, 1.165) is 17.6 Å². The van der Waals surface area contributed by atoms with E-state index in [1.165, 1.54) is 11.2 Å². The van der Waals surface area contributed by atoms with Crippen molar-refractivity contribution in [3.05, 3.63) is 60.2 Å². The Morgan fingerprint density at radius 2 is 2.00 bits per heavy atom. The van der Waals surface area contributed by atoms with Gasteiger partial charge < -0.3 is 28.4 Å². The van der Waals surface area contributed by atoms with Crippen molar-refractivity contribution in [3.8, 4) is 23.1 Å². The third-order valence-electron chi connectivity index (χ3n) is 6.61. The van der Waals surface area contributed by atoms with Gasteiger partial charge in [0.25, 0.3) is 11.8 Å². The average molecular weight is 549 g/mol. The maximum atomic E-state index is 14.0. The van der Waals surface area contributed by atoms with Gasteiger partial charge in [-0.15, -0.1) is 10.2 Å². The third kappa shape index (κ3) is 5.41. The van der Waals surface area contributed by atoms with Crippen LogP contribution in [0.3, 0.4) is 0 Å². The number of carbonyl (C=O) groups is 2. The van der Waals surface area contributed by atoms with Gasteiger partial charge in [0, 0.05) is 24.9 Å². The fourth-order valence-corrected chi connectivity index (χ4v) is 4.72. The number of ether oxygens (including phenoxy) is 3. The average Bonchev–Trinajstić information content (AvgIpc) is 3.78. The Kier molecular flexibility index (Phi) is 7.19. The van der Waals surface area contributed by atoms with Gasteiger partial charge in [-0.05, 0) is 61.4 Å². The lowest BCUT2D eigenvalue weighted by atomic mass is 10.1. The van der Waals surface area contributed by atoms with Gasteiger partial charge in [-0.2, -0.15) is 4.80 Å². The van der Waals surface area contributed by atoms with E-state index >= 15 is 0 Å². The molecule has 4 aromatic rings. The monoisotopic (exact) mass is 548 g/mol. The highest BCUT2D eigenvalue weighted by Crippen LogP contribution is 2.37. The second kappa shape index (κ2) is 11.2. The third-order valence-corrected chi connectivity index (χ3v) is 6.61. The summed E-state index contributed by atoms with van der Waals surface area (Å²) in [5.74, 6) is 1.77. The lowest BCUT2D eigenvalue weighted by molar-refractivity contribution is -0.127. The molecule has 0 radical (unpaired) electrons. The number of carbonyl (C=O) groups excluding carboxylic acids is 2. The van der Waals surface area contributed by atoms with Gasteiger partial charge in [-0.25, -0.2) is 0 Å². The number of anilines is 1. The van der Waals surface area contributed by atoms with Crippen LogP contribution in [0, 0.1) is 6.92 Å². The fraction of sp³-hybridized carbons (Fsp3) is 0.370. The molecule has 208 valence electrons. The molecule has 2 aliphatic heterocycles. The second-order valence-electron chi connectivity index (χ2n) is 9.44. The molecule has 0 aliphatic carbocycles. The van der Waals surface area contributed by atoms with E-state index in [9.17, 15) is 9.59 Å². The first-order chi connectivity index (χ1) is 19.5. The molecule has 2 amide bonds. The SMILES string of the molecule is Cc1ccc(-c2nnn(CC(=O)N(c3ccc4c(c3)OCCO4)[C@H](C(=O)NC[C@H]3CCCO3)c3ccco3)n2)o1. The predicted molar refractivity (Wildman–Crippen MR) is 139 cm³/mol. The highest BCUT2D eigenvalue weighted by Gasteiger charge is 2.36. The fourth-order valence-electron chi connectivity index (χ4n) is 4.72. The molecule has 13 heteroatoms. The molecule has 0 bridgehead atoms. The van der Waals surface area contributed by atoms with E-state index in [0.29, 0.717) is 55.1 Å². The first-order valence-electron chi connectivity index (χ1n) is 13.0. The number of fused-ring (bicyclic) bond motifs is 1. The van der Waals surface area contributed by atoms with Crippen LogP contribution in [0.15, 0.2) is 57.6 Å². The highest BCUT2D eigenvalue weighted by atomic mass is 16.6. The molecule has 5 heterocycles. The number of tetrazole rings is 1. The largest absolute Gasteiger partial charge is 0.486 e. The van der Waals surface area contributed by atoms with Crippen LogP contribution in [0.1, 0.15) is 30.4 Å². The zero-order valence-electron chi connectivity index (χ0n) is 21.8. The summed E-state index contributed by atoms with van der Waals surface area (Å²) in [6.45, 7) is 3.26. The van der Waals surface area contributed by atoms with Crippen LogP contribution >= 0.6 is 0 Å². The van der Waals surface area contributed by atoms with Crippen molar-refractivity contribution in [2.75, 3.05) is 31.3 Å². The molecule has 2 atom stereocenters. The Morgan fingerprint density at radius 1 is 1.12 bits per heavy atom. The summed E-state index contributed by atoms with van der Waals surface area (Å²) < 4.78 is 28.3. The minimum Gasteiger partial charge on any atom is -0.486 e. The van der Waals surface area contributed by atoms with Crippen LogP contribution < -0.4 is 19.7 Å². The molecule has 13 nitrogen and oxygen atoms in total. The van der Waals surface area contributed by atoms with E-state index in [2.05, 4.69) is 20.7 Å². The van der Waals surface area contributed by atoms with Crippen LogP contribution in [0.5, 0.6) is 11.5 Å². The maximum Gasteiger partial charge on any atom is 0.251 e. The molecule has 1 saturated heterocycles. The van der Waals surface area contributed by atoms with Crippen molar-refractivity contribution in [1.29, 1.82) is 0 Å². The topological polar surface area (TPSA) is 147 Å². The van der Waals surface area contributed by atoms with Crippen LogP contribution in [0.2, 0.25) is 0 Å². The van der Waals surface area contributed by atoms with Gasteiger partial charge in [0.2, 0.25) is 5.82 Å². The van der Waals surface area contributed by atoms with Gasteiger partial charge in [0.05, 0.1) is 12.4 Å². The number of furan rings is 2. The van der Waals surface area contributed by atoms with Crippen molar-refractivity contribution in [1.82, 2.24) is 25.5 Å². The minimum atomic E-state index is -1.14. The van der Waals surface area contributed by atoms with Crippen LogP contribution in [0.25, 0.3) is 11.6 Å². The lowest BCUT2D eigenvalue weighted by Crippen LogP contribution is -2.46. The van der Waals surface area contributed by atoms with Crippen LogP contribution in [-0.2, 0) is 20.9 Å². The number of benzene rings is 1. The molecular weight excluding hydrogens is 520 g/mol. The molecular formula is C27H28N6O7. The van der Waals surface area contributed by atoms with Crippen molar-refractivity contribution in [3.63, 3.8) is 0 Å². The minimum absolute atomic E-state index is 0.0809. The Morgan fingerprint density at radius 3 is 2.75 bits per heavy atom. The normalized spacial score (nSPS) is 17.0. The quantitative estimate of drug-likeness (QED) is 0.331. The van der Waals surface area contributed by atoms with Crippen molar-refractivity contribution in [2.45, 2.75) is 38.5 Å². The van der Waals surface area contributed by atoms with Crippen molar-refractivity contribution < 1.29 is 32.6 Å². The standard InChI is InChI=1S/C27H28N6O7/c1-17-6-8-22(40-17)26-29-31-32(30-26)16-24(34)33(18-7-9-20-23(14-18)39-13-12-38-20)25(21-5-3-11-37-21)27(35)28-15-19-4-2-10-36-19/h3,5-9,11,14,19,25H,2,4,10,12-13,15-16H2,1H3,(H,28,35)/t19-,25+/m1/s1. The van der Waals surface area contributed by atoms with Gasteiger partial charge in [-0.1, -0.05) is 0 Å². The van der Waals surface area contributed by atoms with Crippen molar-refractivity contribution >= 4 is 17.5 Å². The lowest BCUT2D eigenvalue weighted by Gasteiger charge is -2.31. The molecule has 3 aromatic heterocycles. The number of aryl methyl sites for hydroxylation is 1. The Labute approximate surface area is 229 Å². The van der Waals surface area contributed by atoms with Gasteiger partial charge in [-0.3, -0.25) is 14.5 Å². The summed E-state index contributed by atoms with van der Waals surface area (Å²) in [6, 6.07) is 10.8. The van der Waals surface area contributed by atoms with E-state index in [-0.39, 0.29) is 24.2 Å². The number of rotatable bonds is 9. The molecule has 0 unspecified atom stereocenters. The van der Waals surface area contributed by atoms with E-state index in [4.69, 9.17) is 23.0 Å². The second-order valence-corrected chi connectivity index (χ2v) is 9.44. The molecule has 0 spiro atoms. The summed E-state index contributed by atoms with van der Waals surface area (Å²) in [5, 5.41) is 15.3. The molecule has 40 heavy (non-hydrogen) atoms. The number of amides is 2. The zero-order valence-corrected chi connectivity index (χ0v) is 21.8. The number of hydrogen-bond acceptors (Lipinski definition) is 10. The molecule has 2 aliphatic rings. The van der Waals surface area contributed by atoms with E-state index in [1.807, 2.05) is 0 Å². The molecule has 1 fully saturated rings. The number of nitrogens with one attached hydrogen (secondary N) is 1. The van der Waals surface area contributed by atoms with Crippen LogP contribution in [-0.4, -0.2) is 64.5 Å². The Balaban J connectivity index is 1.33. The predicted octanol–water partition coefficient (Wildman–Crippen LogP) is 2.68. The molecule has 0 saturated carbocycles. The van der Waals surface area contributed by atoms with E-state index < -0.39 is 17.9 Å². The Hall–Kier alpha value is -4.65. The first-order valence-corrected chi connectivity index (χ1v) is 13.0. The zero-order chi connectivity index (χ0) is 27.5. The number of aromatic nitrogens is 4. The van der Waals surface area contributed by atoms with Crippen LogP contribution in [0.4, 0.5) is 5.69 Å². The van der Waals surface area contributed by atoms with Crippen molar-refractivity contribution in [2.24, 2.45) is 0 Å². The summed E-state index contributed by atoms with van der Waals surface area (Å²) in [4.78, 5) is 30.2. The first kappa shape index (κ1) is 25.6. The molecule has 1 N–H and O–H groups in total. The number of hydrogen-bond donors (Lipinski definition) is 1.